The lowest BCUT2D eigenvalue weighted by molar-refractivity contribution is -0.384. The number of ether oxygens (including phenoxy) is 1. The van der Waals surface area contributed by atoms with Crippen LogP contribution in [0.25, 0.3) is 0 Å². The van der Waals surface area contributed by atoms with E-state index in [2.05, 4.69) is 0 Å². The number of halogens is 1. The first-order valence-corrected chi connectivity index (χ1v) is 4.12. The first-order valence-electron chi connectivity index (χ1n) is 3.59. The van der Waals surface area contributed by atoms with Gasteiger partial charge in [-0.1, -0.05) is 11.6 Å². The third-order valence-corrected chi connectivity index (χ3v) is 1.70. The number of hydrogen-bond donors (Lipinski definition) is 0. The maximum absolute atomic E-state index is 10.4. The number of nitro benzene ring substituents is 1. The molecule has 0 spiro atoms. The fourth-order valence-electron chi connectivity index (χ4n) is 0.917. The molecule has 1 rings (SSSR count). The highest BCUT2D eigenvalue weighted by atomic mass is 35.5. The quantitative estimate of drug-likeness (QED) is 0.429. The average Bonchev–Trinajstić information content (AvgIpc) is 2.08. The molecule has 1 aromatic rings. The summed E-state index contributed by atoms with van der Waals surface area (Å²) in [5, 5.41) is 10.4. The van der Waals surface area contributed by atoms with Gasteiger partial charge in [0.2, 0.25) is 0 Å². The van der Waals surface area contributed by atoms with Crippen LogP contribution in [0, 0.1) is 17.0 Å². The molecular weight excluding hydrogens is 194 g/mol. The summed E-state index contributed by atoms with van der Waals surface area (Å²) in [6.07, 6.45) is 0. The molecule has 0 saturated carbocycles. The van der Waals surface area contributed by atoms with E-state index in [0.717, 1.165) is 5.56 Å². The van der Waals surface area contributed by atoms with Crippen molar-refractivity contribution in [3.05, 3.63) is 33.9 Å². The standard InChI is InChI=1S/C8H8ClNO3/c1-6-2-3-7(10(11)12)4-8(6)13-5-9/h2-4H,5H2,1H3. The van der Waals surface area contributed by atoms with Gasteiger partial charge >= 0.3 is 0 Å². The van der Waals surface area contributed by atoms with Crippen molar-refractivity contribution in [1.82, 2.24) is 0 Å². The van der Waals surface area contributed by atoms with Crippen LogP contribution in [0.15, 0.2) is 18.2 Å². The number of hydrogen-bond acceptors (Lipinski definition) is 3. The Morgan fingerprint density at radius 3 is 2.85 bits per heavy atom. The Balaban J connectivity index is 3.03. The fraction of sp³-hybridized carbons (Fsp3) is 0.250. The number of non-ortho nitro benzene ring substituents is 1. The van der Waals surface area contributed by atoms with Crippen molar-refractivity contribution in [1.29, 1.82) is 0 Å². The molecule has 5 heteroatoms. The predicted molar refractivity (Wildman–Crippen MR) is 49.2 cm³/mol. The van der Waals surface area contributed by atoms with E-state index in [1.165, 1.54) is 12.1 Å². The second-order valence-electron chi connectivity index (χ2n) is 2.46. The fourth-order valence-corrected chi connectivity index (χ4v) is 1.03. The van der Waals surface area contributed by atoms with Crippen molar-refractivity contribution in [2.75, 3.05) is 6.07 Å². The molecule has 0 amide bonds. The second-order valence-corrected chi connectivity index (χ2v) is 2.68. The summed E-state index contributed by atoms with van der Waals surface area (Å²) >= 11 is 5.35. The van der Waals surface area contributed by atoms with Crippen LogP contribution >= 0.6 is 11.6 Å². The maximum Gasteiger partial charge on any atom is 0.273 e. The zero-order valence-electron chi connectivity index (χ0n) is 6.99. The van der Waals surface area contributed by atoms with Gasteiger partial charge in [0.05, 0.1) is 11.0 Å². The highest BCUT2D eigenvalue weighted by molar-refractivity contribution is 6.17. The van der Waals surface area contributed by atoms with Gasteiger partial charge in [-0.15, -0.1) is 0 Å². The van der Waals surface area contributed by atoms with E-state index < -0.39 is 4.92 Å². The molecule has 0 N–H and O–H groups in total. The van der Waals surface area contributed by atoms with Crippen LogP contribution in [0.1, 0.15) is 5.56 Å². The normalized spacial score (nSPS) is 9.69. The van der Waals surface area contributed by atoms with Gasteiger partial charge in [0, 0.05) is 6.07 Å². The van der Waals surface area contributed by atoms with E-state index in [1.807, 2.05) is 0 Å². The van der Waals surface area contributed by atoms with Gasteiger partial charge in [-0.25, -0.2) is 0 Å². The highest BCUT2D eigenvalue weighted by Gasteiger charge is 2.08. The van der Waals surface area contributed by atoms with Crippen molar-refractivity contribution in [3.8, 4) is 5.75 Å². The van der Waals surface area contributed by atoms with Gasteiger partial charge in [0.15, 0.2) is 6.07 Å². The van der Waals surface area contributed by atoms with Crippen LogP contribution in [-0.2, 0) is 0 Å². The molecule has 0 aliphatic rings. The number of alkyl halides is 1. The number of nitro groups is 1. The first-order chi connectivity index (χ1) is 6.15. The molecule has 4 nitrogen and oxygen atoms in total. The molecule has 13 heavy (non-hydrogen) atoms. The van der Waals surface area contributed by atoms with Crippen molar-refractivity contribution in [2.45, 2.75) is 6.92 Å². The lowest BCUT2D eigenvalue weighted by atomic mass is 10.2. The van der Waals surface area contributed by atoms with Crippen LogP contribution < -0.4 is 4.74 Å². The highest BCUT2D eigenvalue weighted by Crippen LogP contribution is 2.23. The minimum atomic E-state index is -0.472. The summed E-state index contributed by atoms with van der Waals surface area (Å²) in [6, 6.07) is 4.40. The van der Waals surface area contributed by atoms with Crippen LogP contribution in [-0.4, -0.2) is 11.0 Å². The Kier molecular flexibility index (Phi) is 3.08. The van der Waals surface area contributed by atoms with E-state index in [1.54, 1.807) is 13.0 Å². The Hall–Kier alpha value is -1.29. The van der Waals surface area contributed by atoms with Crippen molar-refractivity contribution < 1.29 is 9.66 Å². The number of rotatable bonds is 3. The summed E-state index contributed by atoms with van der Waals surface area (Å²) < 4.78 is 4.99. The molecular formula is C8H8ClNO3. The summed E-state index contributed by atoms with van der Waals surface area (Å²) in [5.74, 6) is 0.448. The summed E-state index contributed by atoms with van der Waals surface area (Å²) in [6.45, 7) is 1.80. The monoisotopic (exact) mass is 201 g/mol. The molecule has 0 unspecified atom stereocenters. The minimum Gasteiger partial charge on any atom is -0.477 e. The molecule has 0 atom stereocenters. The van der Waals surface area contributed by atoms with Crippen molar-refractivity contribution >= 4 is 17.3 Å². The second kappa shape index (κ2) is 4.09. The minimum absolute atomic E-state index is 0.00529. The molecule has 0 aliphatic heterocycles. The lowest BCUT2D eigenvalue weighted by Crippen LogP contribution is -1.94. The van der Waals surface area contributed by atoms with Gasteiger partial charge in [0.1, 0.15) is 5.75 Å². The molecule has 0 radical (unpaired) electrons. The number of aryl methyl sites for hydroxylation is 1. The molecule has 0 saturated heterocycles. The molecule has 0 aromatic heterocycles. The zero-order chi connectivity index (χ0) is 9.84. The number of benzene rings is 1. The largest absolute Gasteiger partial charge is 0.477 e. The van der Waals surface area contributed by atoms with E-state index >= 15 is 0 Å². The maximum atomic E-state index is 10.4. The Bertz CT molecular complexity index is 327. The van der Waals surface area contributed by atoms with Gasteiger partial charge in [-0.2, -0.15) is 0 Å². The third kappa shape index (κ3) is 2.32. The smallest absolute Gasteiger partial charge is 0.273 e. The summed E-state index contributed by atoms with van der Waals surface area (Å²) in [4.78, 5) is 9.91. The van der Waals surface area contributed by atoms with Crippen LogP contribution in [0.4, 0.5) is 5.69 Å². The summed E-state index contributed by atoms with van der Waals surface area (Å²) in [5.41, 5.74) is 0.831. The SMILES string of the molecule is Cc1ccc([N+](=O)[O-])cc1OCCl. The molecule has 0 bridgehead atoms. The lowest BCUT2D eigenvalue weighted by Gasteiger charge is -2.04. The van der Waals surface area contributed by atoms with Crippen LogP contribution in [0.2, 0.25) is 0 Å². The van der Waals surface area contributed by atoms with Gasteiger partial charge < -0.3 is 4.74 Å². The van der Waals surface area contributed by atoms with E-state index in [-0.39, 0.29) is 11.8 Å². The Morgan fingerprint density at radius 1 is 1.62 bits per heavy atom. The topological polar surface area (TPSA) is 52.4 Å². The first kappa shape index (κ1) is 9.80. The van der Waals surface area contributed by atoms with Gasteiger partial charge in [0.25, 0.3) is 5.69 Å². The van der Waals surface area contributed by atoms with Gasteiger partial charge in [-0.05, 0) is 18.6 Å². The molecule has 0 heterocycles. The molecule has 70 valence electrons. The Labute approximate surface area is 80.2 Å². The van der Waals surface area contributed by atoms with Crippen LogP contribution in [0.3, 0.4) is 0 Å². The van der Waals surface area contributed by atoms with Crippen molar-refractivity contribution in [2.24, 2.45) is 0 Å². The van der Waals surface area contributed by atoms with E-state index in [4.69, 9.17) is 16.3 Å². The molecule has 1 aromatic carbocycles. The predicted octanol–water partition coefficient (Wildman–Crippen LogP) is 2.48. The van der Waals surface area contributed by atoms with E-state index in [9.17, 15) is 10.1 Å². The zero-order valence-corrected chi connectivity index (χ0v) is 7.75. The Morgan fingerprint density at radius 2 is 2.31 bits per heavy atom. The average molecular weight is 202 g/mol. The van der Waals surface area contributed by atoms with Gasteiger partial charge in [-0.3, -0.25) is 10.1 Å². The number of nitrogens with zero attached hydrogens (tertiary/aromatic N) is 1. The van der Waals surface area contributed by atoms with Crippen molar-refractivity contribution in [3.63, 3.8) is 0 Å². The van der Waals surface area contributed by atoms with E-state index in [0.29, 0.717) is 5.75 Å². The molecule has 0 fully saturated rings. The van der Waals surface area contributed by atoms with Crippen LogP contribution in [0.5, 0.6) is 5.75 Å². The molecule has 0 aliphatic carbocycles. The third-order valence-electron chi connectivity index (χ3n) is 1.59. The summed E-state index contributed by atoms with van der Waals surface area (Å²) in [7, 11) is 0.